The highest BCUT2D eigenvalue weighted by molar-refractivity contribution is 7.18. The van der Waals surface area contributed by atoms with E-state index in [0.717, 1.165) is 55.4 Å². The Balaban J connectivity index is 1.53. The third-order valence-electron chi connectivity index (χ3n) is 5.23. The quantitative estimate of drug-likeness (QED) is 0.719. The number of thiophene rings is 1. The van der Waals surface area contributed by atoms with Gasteiger partial charge >= 0.3 is 0 Å². The second kappa shape index (κ2) is 7.72. The molecule has 136 valence electrons. The third kappa shape index (κ3) is 3.46. The minimum absolute atomic E-state index is 0.150. The standard InChI is InChI=1S/C21H25N3OS/c1-2-3-11-24-14-23-20-19(21(24)25)17-10-9-16(12-18(17)26-20)22-13-15-7-5-4-6-8-15/h4-8,14,16,22H,2-3,9-13H2,1H3. The van der Waals surface area contributed by atoms with E-state index in [4.69, 9.17) is 0 Å². The molecule has 1 aromatic carbocycles. The minimum Gasteiger partial charge on any atom is -0.310 e. The van der Waals surface area contributed by atoms with E-state index in [1.165, 1.54) is 16.0 Å². The first-order valence-electron chi connectivity index (χ1n) is 9.53. The zero-order valence-corrected chi connectivity index (χ0v) is 16.0. The van der Waals surface area contributed by atoms with E-state index in [0.29, 0.717) is 6.04 Å². The van der Waals surface area contributed by atoms with Crippen molar-refractivity contribution in [2.24, 2.45) is 0 Å². The molecule has 0 saturated carbocycles. The van der Waals surface area contributed by atoms with Gasteiger partial charge in [0.25, 0.3) is 5.56 Å². The first-order valence-corrected chi connectivity index (χ1v) is 10.3. The predicted molar refractivity (Wildman–Crippen MR) is 108 cm³/mol. The second-order valence-electron chi connectivity index (χ2n) is 7.09. The lowest BCUT2D eigenvalue weighted by Crippen LogP contribution is -2.33. The van der Waals surface area contributed by atoms with Gasteiger partial charge in [0.05, 0.1) is 11.7 Å². The summed E-state index contributed by atoms with van der Waals surface area (Å²) in [7, 11) is 0. The van der Waals surface area contributed by atoms with Crippen molar-refractivity contribution in [3.63, 3.8) is 0 Å². The predicted octanol–water partition coefficient (Wildman–Crippen LogP) is 3.91. The van der Waals surface area contributed by atoms with Crippen LogP contribution in [0.25, 0.3) is 10.2 Å². The van der Waals surface area contributed by atoms with Crippen LogP contribution in [0.1, 0.15) is 42.2 Å². The molecule has 1 aliphatic rings. The Labute approximate surface area is 157 Å². The summed E-state index contributed by atoms with van der Waals surface area (Å²) in [4.78, 5) is 19.7. The number of hydrogen-bond donors (Lipinski definition) is 1. The normalized spacial score (nSPS) is 16.7. The van der Waals surface area contributed by atoms with Gasteiger partial charge < -0.3 is 5.32 Å². The van der Waals surface area contributed by atoms with Gasteiger partial charge in [0, 0.05) is 24.0 Å². The summed E-state index contributed by atoms with van der Waals surface area (Å²) >= 11 is 1.71. The summed E-state index contributed by atoms with van der Waals surface area (Å²) in [6, 6.07) is 11.0. The Kier molecular flexibility index (Phi) is 5.18. The van der Waals surface area contributed by atoms with Crippen molar-refractivity contribution in [2.45, 2.75) is 58.2 Å². The monoisotopic (exact) mass is 367 g/mol. The van der Waals surface area contributed by atoms with Crippen molar-refractivity contribution in [1.29, 1.82) is 0 Å². The van der Waals surface area contributed by atoms with E-state index >= 15 is 0 Å². The topological polar surface area (TPSA) is 46.9 Å². The van der Waals surface area contributed by atoms with Crippen molar-refractivity contribution in [3.05, 3.63) is 63.0 Å². The highest BCUT2D eigenvalue weighted by atomic mass is 32.1. The Morgan fingerprint density at radius 3 is 2.96 bits per heavy atom. The van der Waals surface area contributed by atoms with E-state index in [1.54, 1.807) is 22.2 Å². The van der Waals surface area contributed by atoms with Gasteiger partial charge in [-0.1, -0.05) is 43.7 Å². The van der Waals surface area contributed by atoms with Crippen LogP contribution in [0.5, 0.6) is 0 Å². The van der Waals surface area contributed by atoms with Crippen molar-refractivity contribution in [2.75, 3.05) is 0 Å². The summed E-state index contributed by atoms with van der Waals surface area (Å²) in [5.74, 6) is 0. The van der Waals surface area contributed by atoms with Crippen molar-refractivity contribution >= 4 is 21.6 Å². The lowest BCUT2D eigenvalue weighted by molar-refractivity contribution is 0.462. The fraction of sp³-hybridized carbons (Fsp3) is 0.429. The summed E-state index contributed by atoms with van der Waals surface area (Å²) in [5, 5.41) is 4.56. The summed E-state index contributed by atoms with van der Waals surface area (Å²) < 4.78 is 1.79. The Morgan fingerprint density at radius 2 is 2.15 bits per heavy atom. The van der Waals surface area contributed by atoms with Crippen LogP contribution in [0.4, 0.5) is 0 Å². The Morgan fingerprint density at radius 1 is 1.31 bits per heavy atom. The molecule has 1 aliphatic carbocycles. The minimum atomic E-state index is 0.150. The number of aryl methyl sites for hydroxylation is 2. The fourth-order valence-corrected chi connectivity index (χ4v) is 4.98. The number of aromatic nitrogens is 2. The molecule has 26 heavy (non-hydrogen) atoms. The van der Waals surface area contributed by atoms with Crippen LogP contribution in [0.15, 0.2) is 41.5 Å². The van der Waals surface area contributed by atoms with Crippen LogP contribution < -0.4 is 10.9 Å². The highest BCUT2D eigenvalue weighted by Gasteiger charge is 2.24. The maximum Gasteiger partial charge on any atom is 0.262 e. The number of fused-ring (bicyclic) bond motifs is 3. The first-order chi connectivity index (χ1) is 12.8. The van der Waals surface area contributed by atoms with Crippen LogP contribution >= 0.6 is 11.3 Å². The maximum atomic E-state index is 12.9. The van der Waals surface area contributed by atoms with Gasteiger partial charge in [0.15, 0.2) is 0 Å². The summed E-state index contributed by atoms with van der Waals surface area (Å²) in [6.45, 7) is 3.81. The molecule has 0 fully saturated rings. The molecule has 4 rings (SSSR count). The molecular formula is C21H25N3OS. The zero-order chi connectivity index (χ0) is 17.9. The van der Waals surface area contributed by atoms with Crippen LogP contribution in [0.2, 0.25) is 0 Å². The van der Waals surface area contributed by atoms with Gasteiger partial charge in [-0.05, 0) is 36.8 Å². The Hall–Kier alpha value is -1.98. The summed E-state index contributed by atoms with van der Waals surface area (Å²) in [5.41, 5.74) is 2.72. The fourth-order valence-electron chi connectivity index (χ4n) is 3.72. The molecule has 0 spiro atoms. The molecule has 5 heteroatoms. The number of rotatable bonds is 6. The van der Waals surface area contributed by atoms with Gasteiger partial charge in [-0.15, -0.1) is 11.3 Å². The van der Waals surface area contributed by atoms with E-state index in [2.05, 4.69) is 41.5 Å². The number of unbranched alkanes of at least 4 members (excludes halogenated alkanes) is 1. The lowest BCUT2D eigenvalue weighted by atomic mass is 9.93. The molecule has 2 heterocycles. The molecule has 2 aromatic heterocycles. The van der Waals surface area contributed by atoms with Gasteiger partial charge in [-0.2, -0.15) is 0 Å². The molecule has 1 unspecified atom stereocenters. The van der Waals surface area contributed by atoms with Crippen LogP contribution in [0.3, 0.4) is 0 Å². The van der Waals surface area contributed by atoms with E-state index in [9.17, 15) is 4.79 Å². The van der Waals surface area contributed by atoms with Crippen molar-refractivity contribution in [1.82, 2.24) is 14.9 Å². The molecule has 0 amide bonds. The average Bonchev–Trinajstić information content (AvgIpc) is 3.05. The van der Waals surface area contributed by atoms with Gasteiger partial charge in [-0.3, -0.25) is 9.36 Å². The molecule has 1 N–H and O–H groups in total. The van der Waals surface area contributed by atoms with Gasteiger partial charge in [0.1, 0.15) is 4.83 Å². The molecule has 0 saturated heterocycles. The maximum absolute atomic E-state index is 12.9. The second-order valence-corrected chi connectivity index (χ2v) is 8.17. The van der Waals surface area contributed by atoms with Crippen LogP contribution in [0, 0.1) is 0 Å². The SMILES string of the molecule is CCCCn1cnc2sc3c(c2c1=O)CCC(NCc1ccccc1)C3. The largest absolute Gasteiger partial charge is 0.310 e. The van der Waals surface area contributed by atoms with E-state index in [1.807, 2.05) is 6.07 Å². The molecule has 0 aliphatic heterocycles. The third-order valence-corrected chi connectivity index (χ3v) is 6.39. The van der Waals surface area contributed by atoms with Gasteiger partial charge in [0.2, 0.25) is 0 Å². The molecule has 0 bridgehead atoms. The van der Waals surface area contributed by atoms with Crippen LogP contribution in [-0.2, 0) is 25.9 Å². The highest BCUT2D eigenvalue weighted by Crippen LogP contribution is 2.33. The van der Waals surface area contributed by atoms with Crippen molar-refractivity contribution < 1.29 is 0 Å². The van der Waals surface area contributed by atoms with E-state index in [-0.39, 0.29) is 5.56 Å². The first kappa shape index (κ1) is 17.4. The zero-order valence-electron chi connectivity index (χ0n) is 15.2. The molecule has 4 nitrogen and oxygen atoms in total. The van der Waals surface area contributed by atoms with Crippen LogP contribution in [-0.4, -0.2) is 15.6 Å². The molecule has 3 aromatic rings. The van der Waals surface area contributed by atoms with Crippen molar-refractivity contribution in [3.8, 4) is 0 Å². The Bertz CT molecular complexity index is 945. The lowest BCUT2D eigenvalue weighted by Gasteiger charge is -2.23. The number of hydrogen-bond acceptors (Lipinski definition) is 4. The average molecular weight is 368 g/mol. The van der Waals surface area contributed by atoms with E-state index < -0.39 is 0 Å². The number of benzene rings is 1. The number of nitrogens with one attached hydrogen (secondary N) is 1. The summed E-state index contributed by atoms with van der Waals surface area (Å²) in [6.07, 6.45) is 6.88. The number of nitrogens with zero attached hydrogens (tertiary/aromatic N) is 2. The molecule has 1 atom stereocenters. The molecule has 0 radical (unpaired) electrons. The van der Waals surface area contributed by atoms with Gasteiger partial charge in [-0.25, -0.2) is 4.98 Å². The molecular weight excluding hydrogens is 342 g/mol. The smallest absolute Gasteiger partial charge is 0.262 e.